The molecule has 11 heteroatoms. The molecule has 3 rings (SSSR count). The van der Waals surface area contributed by atoms with Crippen LogP contribution in [0.1, 0.15) is 44.5 Å². The van der Waals surface area contributed by atoms with E-state index in [0.29, 0.717) is 5.69 Å². The fraction of sp³-hybridized carbons (Fsp3) is 0.143. The highest BCUT2D eigenvalue weighted by Gasteiger charge is 2.30. The van der Waals surface area contributed by atoms with Crippen LogP contribution in [-0.4, -0.2) is 32.5 Å². The van der Waals surface area contributed by atoms with E-state index in [1.54, 1.807) is 6.92 Å². The number of carboxylic acid groups (broad SMARTS) is 1. The van der Waals surface area contributed by atoms with Crippen molar-refractivity contribution in [3.8, 4) is 5.69 Å². The summed E-state index contributed by atoms with van der Waals surface area (Å²) in [4.78, 5) is 35.9. The lowest BCUT2D eigenvalue weighted by Crippen LogP contribution is -2.23. The van der Waals surface area contributed by atoms with E-state index in [1.807, 2.05) is 0 Å². The number of hydrazone groups is 1. The predicted molar refractivity (Wildman–Crippen MR) is 109 cm³/mol. The van der Waals surface area contributed by atoms with Crippen LogP contribution in [0.4, 0.5) is 13.2 Å². The van der Waals surface area contributed by atoms with Crippen LogP contribution in [0.3, 0.4) is 0 Å². The minimum Gasteiger partial charge on any atom is -0.478 e. The van der Waals surface area contributed by atoms with Crippen molar-refractivity contribution in [1.29, 1.82) is 0 Å². The Kier molecular flexibility index (Phi) is 6.01. The summed E-state index contributed by atoms with van der Waals surface area (Å²) in [5, 5.41) is 15.6. The summed E-state index contributed by atoms with van der Waals surface area (Å²) < 4.78 is 39.3. The largest absolute Gasteiger partial charge is 0.478 e. The van der Waals surface area contributed by atoms with Crippen LogP contribution >= 0.6 is 0 Å². The van der Waals surface area contributed by atoms with E-state index in [0.717, 1.165) is 16.8 Å². The Morgan fingerprint density at radius 1 is 1.03 bits per heavy atom. The number of halogens is 3. The number of alkyl halides is 3. The molecule has 166 valence electrons. The Balaban J connectivity index is 1.83. The fourth-order valence-electron chi connectivity index (χ4n) is 2.97. The van der Waals surface area contributed by atoms with Crippen LogP contribution in [-0.2, 0) is 6.18 Å². The monoisotopic (exact) mass is 446 g/mol. The Hall–Kier alpha value is -4.15. The maximum absolute atomic E-state index is 12.8. The Morgan fingerprint density at radius 3 is 2.12 bits per heavy atom. The molecule has 8 nitrogen and oxygen atoms in total. The first-order valence-electron chi connectivity index (χ1n) is 9.16. The van der Waals surface area contributed by atoms with Gasteiger partial charge in [-0.3, -0.25) is 14.7 Å². The van der Waals surface area contributed by atoms with Gasteiger partial charge in [-0.15, -0.1) is 0 Å². The molecule has 3 N–H and O–H groups in total. The molecule has 0 fully saturated rings. The van der Waals surface area contributed by atoms with Crippen molar-refractivity contribution in [2.75, 3.05) is 0 Å². The van der Waals surface area contributed by atoms with Gasteiger partial charge in [-0.25, -0.2) is 14.9 Å². The van der Waals surface area contributed by atoms with Crippen molar-refractivity contribution in [2.45, 2.75) is 20.0 Å². The summed E-state index contributed by atoms with van der Waals surface area (Å²) in [5.74, 6) is -1.74. The highest BCUT2D eigenvalue weighted by atomic mass is 19.4. The molecule has 0 aliphatic heterocycles. The molecule has 1 aromatic heterocycles. The van der Waals surface area contributed by atoms with Gasteiger partial charge in [0.15, 0.2) is 0 Å². The standard InChI is InChI=1S/C21H17F3N4O4/c1-11(25-26-18(29)13-3-5-14(6-4-13)20(31)32)17-12(2)27-28(19(17)30)16-9-7-15(8-10-16)21(22,23)24/h3-10,27H,1-2H3,(H,26,29)(H,31,32)/b25-11-. The van der Waals surface area contributed by atoms with Gasteiger partial charge in [0.1, 0.15) is 0 Å². The van der Waals surface area contributed by atoms with E-state index in [2.05, 4.69) is 15.6 Å². The summed E-state index contributed by atoms with van der Waals surface area (Å²) in [6, 6.07) is 9.26. The number of carboxylic acids is 1. The zero-order valence-corrected chi connectivity index (χ0v) is 16.8. The maximum Gasteiger partial charge on any atom is 0.416 e. The maximum atomic E-state index is 12.8. The summed E-state index contributed by atoms with van der Waals surface area (Å²) in [5.41, 5.74) is 2.00. The minimum absolute atomic E-state index is 0.0213. The molecule has 0 bridgehead atoms. The van der Waals surface area contributed by atoms with Crippen LogP contribution in [0.5, 0.6) is 0 Å². The molecule has 0 saturated heterocycles. The van der Waals surface area contributed by atoms with E-state index in [4.69, 9.17) is 5.11 Å². The predicted octanol–water partition coefficient (Wildman–Crippen LogP) is 3.35. The summed E-state index contributed by atoms with van der Waals surface area (Å²) in [7, 11) is 0. The van der Waals surface area contributed by atoms with Crippen LogP contribution < -0.4 is 11.0 Å². The number of hydrogen-bond donors (Lipinski definition) is 3. The van der Waals surface area contributed by atoms with Crippen molar-refractivity contribution >= 4 is 17.6 Å². The Bertz CT molecular complexity index is 1250. The average Bonchev–Trinajstić information content (AvgIpc) is 3.05. The van der Waals surface area contributed by atoms with Gasteiger partial charge >= 0.3 is 12.1 Å². The second-order valence-electron chi connectivity index (χ2n) is 6.82. The van der Waals surface area contributed by atoms with Gasteiger partial charge in [-0.2, -0.15) is 18.3 Å². The molecular weight excluding hydrogens is 429 g/mol. The number of hydrogen-bond acceptors (Lipinski definition) is 4. The van der Waals surface area contributed by atoms with Gasteiger partial charge in [-0.05, 0) is 62.4 Å². The molecular formula is C21H17F3N4O4. The number of nitrogens with one attached hydrogen (secondary N) is 2. The summed E-state index contributed by atoms with van der Waals surface area (Å²) >= 11 is 0. The second kappa shape index (κ2) is 8.53. The first-order valence-corrected chi connectivity index (χ1v) is 9.16. The normalized spacial score (nSPS) is 12.0. The number of aromatic amines is 1. The second-order valence-corrected chi connectivity index (χ2v) is 6.82. The topological polar surface area (TPSA) is 117 Å². The van der Waals surface area contributed by atoms with Gasteiger partial charge in [0.2, 0.25) is 0 Å². The first-order chi connectivity index (χ1) is 15.0. The van der Waals surface area contributed by atoms with Crippen molar-refractivity contribution in [1.82, 2.24) is 15.2 Å². The number of amides is 1. The third-order valence-electron chi connectivity index (χ3n) is 4.61. The number of rotatable bonds is 5. The molecule has 32 heavy (non-hydrogen) atoms. The van der Waals surface area contributed by atoms with Crippen LogP contribution in [0.15, 0.2) is 58.4 Å². The molecule has 1 heterocycles. The molecule has 0 spiro atoms. The molecule has 2 aromatic carbocycles. The van der Waals surface area contributed by atoms with E-state index in [9.17, 15) is 27.6 Å². The highest BCUT2D eigenvalue weighted by molar-refractivity contribution is 6.01. The number of nitrogens with zero attached hydrogens (tertiary/aromatic N) is 2. The van der Waals surface area contributed by atoms with Gasteiger partial charge < -0.3 is 5.11 Å². The lowest BCUT2D eigenvalue weighted by Gasteiger charge is -2.07. The number of benzene rings is 2. The van der Waals surface area contributed by atoms with Gasteiger partial charge in [0.25, 0.3) is 11.5 Å². The van der Waals surface area contributed by atoms with Crippen molar-refractivity contribution in [3.05, 3.63) is 86.8 Å². The quantitative estimate of drug-likeness (QED) is 0.412. The van der Waals surface area contributed by atoms with Gasteiger partial charge in [0.05, 0.1) is 28.1 Å². The number of H-pyrrole nitrogens is 1. The van der Waals surface area contributed by atoms with Crippen molar-refractivity contribution in [2.24, 2.45) is 5.10 Å². The SMILES string of the molecule is C/C(=N/NC(=O)c1ccc(C(=O)O)cc1)c1c(C)[nH]n(-c2ccc(C(F)(F)F)cc2)c1=O. The first kappa shape index (κ1) is 22.5. The van der Waals surface area contributed by atoms with E-state index >= 15 is 0 Å². The smallest absolute Gasteiger partial charge is 0.416 e. The molecule has 3 aromatic rings. The summed E-state index contributed by atoms with van der Waals surface area (Å²) in [6.07, 6.45) is -4.49. The van der Waals surface area contributed by atoms with E-state index in [1.165, 1.54) is 43.3 Å². The number of carbonyl (C=O) groups excluding carboxylic acids is 1. The van der Waals surface area contributed by atoms with E-state index < -0.39 is 29.2 Å². The molecule has 0 aliphatic carbocycles. The molecule has 0 unspecified atom stereocenters. The molecule has 0 aliphatic rings. The highest BCUT2D eigenvalue weighted by Crippen LogP contribution is 2.29. The lowest BCUT2D eigenvalue weighted by atomic mass is 10.1. The zero-order valence-electron chi connectivity index (χ0n) is 16.8. The fourth-order valence-corrected chi connectivity index (χ4v) is 2.97. The van der Waals surface area contributed by atoms with Crippen molar-refractivity contribution in [3.63, 3.8) is 0 Å². The van der Waals surface area contributed by atoms with E-state index in [-0.39, 0.29) is 28.1 Å². The Morgan fingerprint density at radius 2 is 1.59 bits per heavy atom. The number of aromatic nitrogens is 2. The number of aromatic carboxylic acids is 1. The third-order valence-corrected chi connectivity index (χ3v) is 4.61. The molecule has 0 atom stereocenters. The number of carbonyl (C=O) groups is 2. The molecule has 0 saturated carbocycles. The molecule has 0 radical (unpaired) electrons. The zero-order chi connectivity index (χ0) is 23.6. The van der Waals surface area contributed by atoms with Crippen LogP contribution in [0.25, 0.3) is 5.69 Å². The van der Waals surface area contributed by atoms with Crippen molar-refractivity contribution < 1.29 is 27.9 Å². The minimum atomic E-state index is -4.49. The Labute approximate surface area is 179 Å². The lowest BCUT2D eigenvalue weighted by molar-refractivity contribution is -0.137. The van der Waals surface area contributed by atoms with Crippen LogP contribution in [0, 0.1) is 6.92 Å². The molecule has 1 amide bonds. The summed E-state index contributed by atoms with van der Waals surface area (Å²) in [6.45, 7) is 3.07. The number of aryl methyl sites for hydroxylation is 1. The van der Waals surface area contributed by atoms with Crippen LogP contribution in [0.2, 0.25) is 0 Å². The van der Waals surface area contributed by atoms with Gasteiger partial charge in [-0.1, -0.05) is 0 Å². The third kappa shape index (κ3) is 4.61. The average molecular weight is 446 g/mol. The van der Waals surface area contributed by atoms with Gasteiger partial charge in [0, 0.05) is 11.3 Å².